The number of carboxylic acid groups (broad SMARTS) is 1. The Morgan fingerprint density at radius 1 is 0.968 bits per heavy atom. The predicted octanol–water partition coefficient (Wildman–Crippen LogP) is 2.43. The molecule has 0 fully saturated rings. The van der Waals surface area contributed by atoms with Crippen LogP contribution in [0.15, 0.2) is 59.8 Å². The number of nitrogens with zero attached hydrogens (tertiary/aromatic N) is 2. The average Bonchev–Trinajstić information content (AvgIpc) is 2.73. The molecular weight excluding hydrogens is 422 g/mol. The number of carbonyl (C=O) groups excluding carboxylic acids is 1. The number of carbonyl (C=O) groups is 2. The predicted molar refractivity (Wildman–Crippen MR) is 115 cm³/mol. The van der Waals surface area contributed by atoms with E-state index in [2.05, 4.69) is 25.9 Å². The number of carboxylic acids is 1. The molecule has 0 aliphatic heterocycles. The van der Waals surface area contributed by atoms with Crippen LogP contribution in [-0.2, 0) is 9.84 Å². The Morgan fingerprint density at radius 3 is 2.39 bits per heavy atom. The Morgan fingerprint density at radius 2 is 1.71 bits per heavy atom. The SMILES string of the molecule is CNC(=O)c1cnc(Nc2ncccc2C(=O)O)cc1Nc1ccccc1S(C)(=O)=O. The largest absolute Gasteiger partial charge is 0.478 e. The van der Waals surface area contributed by atoms with Gasteiger partial charge in [0.25, 0.3) is 5.91 Å². The van der Waals surface area contributed by atoms with Gasteiger partial charge in [0.15, 0.2) is 9.84 Å². The fourth-order valence-corrected chi connectivity index (χ4v) is 3.62. The number of rotatable bonds is 7. The molecule has 3 aromatic rings. The second kappa shape index (κ2) is 8.79. The Bertz CT molecular complexity index is 1260. The highest BCUT2D eigenvalue weighted by Gasteiger charge is 2.18. The summed E-state index contributed by atoms with van der Waals surface area (Å²) in [7, 11) is -2.08. The minimum Gasteiger partial charge on any atom is -0.478 e. The zero-order valence-electron chi connectivity index (χ0n) is 16.6. The monoisotopic (exact) mass is 441 g/mol. The van der Waals surface area contributed by atoms with E-state index < -0.39 is 21.7 Å². The molecule has 0 aliphatic carbocycles. The van der Waals surface area contributed by atoms with Crippen molar-refractivity contribution in [2.75, 3.05) is 23.9 Å². The Kier molecular flexibility index (Phi) is 6.16. The normalized spacial score (nSPS) is 10.9. The van der Waals surface area contributed by atoms with Crippen LogP contribution in [0.25, 0.3) is 0 Å². The first-order chi connectivity index (χ1) is 14.7. The summed E-state index contributed by atoms with van der Waals surface area (Å²) in [6.07, 6.45) is 3.80. The number of aromatic nitrogens is 2. The van der Waals surface area contributed by atoms with Gasteiger partial charge in [-0.3, -0.25) is 4.79 Å². The van der Waals surface area contributed by atoms with E-state index in [0.29, 0.717) is 0 Å². The molecule has 0 radical (unpaired) electrons. The van der Waals surface area contributed by atoms with Gasteiger partial charge in [-0.05, 0) is 24.3 Å². The van der Waals surface area contributed by atoms with Gasteiger partial charge < -0.3 is 21.1 Å². The van der Waals surface area contributed by atoms with Gasteiger partial charge in [0.05, 0.1) is 21.8 Å². The lowest BCUT2D eigenvalue weighted by molar-refractivity contribution is 0.0697. The molecule has 1 amide bonds. The summed E-state index contributed by atoms with van der Waals surface area (Å²) in [4.78, 5) is 31.9. The van der Waals surface area contributed by atoms with E-state index in [1.807, 2.05) is 0 Å². The third kappa shape index (κ3) is 4.95. The number of benzene rings is 1. The molecule has 0 spiro atoms. The molecule has 0 atom stereocenters. The van der Waals surface area contributed by atoms with Crippen molar-refractivity contribution in [2.24, 2.45) is 0 Å². The second-order valence-electron chi connectivity index (χ2n) is 6.42. The number of amides is 1. The second-order valence-corrected chi connectivity index (χ2v) is 8.40. The highest BCUT2D eigenvalue weighted by Crippen LogP contribution is 2.29. The van der Waals surface area contributed by atoms with Gasteiger partial charge in [-0.2, -0.15) is 0 Å². The molecule has 0 aliphatic rings. The first-order valence-corrected chi connectivity index (χ1v) is 10.8. The minimum atomic E-state index is -3.54. The van der Waals surface area contributed by atoms with E-state index in [4.69, 9.17) is 0 Å². The van der Waals surface area contributed by atoms with Gasteiger partial charge in [0.1, 0.15) is 17.2 Å². The van der Waals surface area contributed by atoms with E-state index in [1.54, 1.807) is 18.2 Å². The summed E-state index contributed by atoms with van der Waals surface area (Å²) >= 11 is 0. The first kappa shape index (κ1) is 21.7. The van der Waals surface area contributed by atoms with Crippen LogP contribution in [-0.4, -0.2) is 48.7 Å². The van der Waals surface area contributed by atoms with E-state index in [9.17, 15) is 23.1 Å². The third-order valence-corrected chi connectivity index (χ3v) is 5.37. The molecule has 160 valence electrons. The number of pyridine rings is 2. The topological polar surface area (TPSA) is 150 Å². The van der Waals surface area contributed by atoms with Crippen molar-refractivity contribution in [1.82, 2.24) is 15.3 Å². The Balaban J connectivity index is 2.06. The van der Waals surface area contributed by atoms with Gasteiger partial charge in [-0.25, -0.2) is 23.2 Å². The quantitative estimate of drug-likeness (QED) is 0.433. The van der Waals surface area contributed by atoms with Crippen LogP contribution in [0.1, 0.15) is 20.7 Å². The molecule has 0 bridgehead atoms. The van der Waals surface area contributed by atoms with Crippen LogP contribution in [0, 0.1) is 0 Å². The van der Waals surface area contributed by atoms with Gasteiger partial charge in [-0.1, -0.05) is 12.1 Å². The average molecular weight is 441 g/mol. The molecule has 2 heterocycles. The smallest absolute Gasteiger partial charge is 0.339 e. The van der Waals surface area contributed by atoms with Gasteiger partial charge >= 0.3 is 5.97 Å². The zero-order valence-corrected chi connectivity index (χ0v) is 17.4. The lowest BCUT2D eigenvalue weighted by Gasteiger charge is -2.15. The molecule has 2 aromatic heterocycles. The molecular formula is C20H19N5O5S. The fourth-order valence-electron chi connectivity index (χ4n) is 2.78. The summed E-state index contributed by atoms with van der Waals surface area (Å²) in [6.45, 7) is 0. The van der Waals surface area contributed by atoms with Crippen LogP contribution < -0.4 is 16.0 Å². The molecule has 0 unspecified atom stereocenters. The number of hydrogen-bond acceptors (Lipinski definition) is 8. The number of hydrogen-bond donors (Lipinski definition) is 4. The van der Waals surface area contributed by atoms with E-state index in [0.717, 1.165) is 6.26 Å². The maximum atomic E-state index is 12.3. The van der Waals surface area contributed by atoms with Crippen LogP contribution in [0.2, 0.25) is 0 Å². The maximum absolute atomic E-state index is 12.3. The molecule has 0 saturated carbocycles. The minimum absolute atomic E-state index is 0.0575. The summed E-state index contributed by atoms with van der Waals surface area (Å²) in [6, 6.07) is 10.6. The highest BCUT2D eigenvalue weighted by atomic mass is 32.2. The number of anilines is 4. The summed E-state index contributed by atoms with van der Waals surface area (Å²) in [5.41, 5.74) is 0.643. The summed E-state index contributed by atoms with van der Waals surface area (Å²) in [5.74, 6) is -1.34. The van der Waals surface area contributed by atoms with E-state index >= 15 is 0 Å². The van der Waals surface area contributed by atoms with Crippen molar-refractivity contribution < 1.29 is 23.1 Å². The fraction of sp³-hybridized carbons (Fsp3) is 0.100. The van der Waals surface area contributed by atoms with Gasteiger partial charge in [0.2, 0.25) is 0 Å². The van der Waals surface area contributed by atoms with Crippen LogP contribution >= 0.6 is 0 Å². The van der Waals surface area contributed by atoms with Crippen molar-refractivity contribution in [1.29, 1.82) is 0 Å². The number of nitrogens with one attached hydrogen (secondary N) is 3. The lowest BCUT2D eigenvalue weighted by Crippen LogP contribution is -2.20. The number of aromatic carboxylic acids is 1. The van der Waals surface area contributed by atoms with Gasteiger partial charge in [-0.15, -0.1) is 0 Å². The van der Waals surface area contributed by atoms with Crippen LogP contribution in [0.3, 0.4) is 0 Å². The van der Waals surface area contributed by atoms with Crippen molar-refractivity contribution in [3.05, 3.63) is 66.0 Å². The molecule has 0 saturated heterocycles. The molecule has 11 heteroatoms. The lowest BCUT2D eigenvalue weighted by atomic mass is 10.2. The molecule has 31 heavy (non-hydrogen) atoms. The van der Waals surface area contributed by atoms with Gasteiger partial charge in [0, 0.05) is 31.8 Å². The highest BCUT2D eigenvalue weighted by molar-refractivity contribution is 7.90. The van der Waals surface area contributed by atoms with E-state index in [-0.39, 0.29) is 39.0 Å². The van der Waals surface area contributed by atoms with E-state index in [1.165, 1.54) is 43.7 Å². The molecule has 4 N–H and O–H groups in total. The standard InChI is InChI=1S/C20H19N5O5S/c1-21-19(26)13-11-23-17(25-18-12(20(27)28)6-5-9-22-18)10-15(13)24-14-7-3-4-8-16(14)31(2,29)30/h3-11H,1-2H3,(H,21,26)(H,27,28)(H2,22,23,24,25). The Hall–Kier alpha value is -3.99. The van der Waals surface area contributed by atoms with Crippen molar-refractivity contribution >= 4 is 44.7 Å². The zero-order chi connectivity index (χ0) is 22.6. The molecule has 1 aromatic carbocycles. The third-order valence-electron chi connectivity index (χ3n) is 4.22. The maximum Gasteiger partial charge on any atom is 0.339 e. The number of sulfone groups is 1. The van der Waals surface area contributed by atoms with Crippen molar-refractivity contribution in [3.63, 3.8) is 0 Å². The Labute approximate surface area is 178 Å². The summed E-state index contributed by atoms with van der Waals surface area (Å²) < 4.78 is 24.2. The van der Waals surface area contributed by atoms with Crippen LogP contribution in [0.4, 0.5) is 23.0 Å². The van der Waals surface area contributed by atoms with Crippen molar-refractivity contribution in [2.45, 2.75) is 4.90 Å². The molecule has 10 nitrogen and oxygen atoms in total. The number of para-hydroxylation sites is 1. The van der Waals surface area contributed by atoms with Crippen LogP contribution in [0.5, 0.6) is 0 Å². The molecule has 3 rings (SSSR count). The summed E-state index contributed by atoms with van der Waals surface area (Å²) in [5, 5.41) is 17.6. The first-order valence-electron chi connectivity index (χ1n) is 8.94. The van der Waals surface area contributed by atoms with Crippen molar-refractivity contribution in [3.8, 4) is 0 Å².